The third kappa shape index (κ3) is 5.10. The van der Waals surface area contributed by atoms with Gasteiger partial charge in [0, 0.05) is 42.3 Å². The van der Waals surface area contributed by atoms with Crippen LogP contribution in [-0.4, -0.2) is 0 Å². The van der Waals surface area contributed by atoms with Gasteiger partial charge in [0.2, 0.25) is 0 Å². The van der Waals surface area contributed by atoms with Gasteiger partial charge in [0.1, 0.15) is 5.58 Å². The van der Waals surface area contributed by atoms with E-state index >= 15 is 0 Å². The number of rotatable bonds is 6. The Labute approximate surface area is 300 Å². The zero-order valence-electron chi connectivity index (χ0n) is 27.7. The maximum Gasteiger partial charge on any atom is 0.159 e. The number of hydrogen-bond donors (Lipinski definition) is 0. The Bertz CT molecular complexity index is 2850. The third-order valence-electron chi connectivity index (χ3n) is 9.89. The second-order valence-electron chi connectivity index (χ2n) is 12.9. The lowest BCUT2D eigenvalue weighted by molar-refractivity contribution is 0.669. The maximum absolute atomic E-state index is 6.64. The summed E-state index contributed by atoms with van der Waals surface area (Å²) < 4.78 is 9.26. The molecule has 3 heteroatoms. The van der Waals surface area contributed by atoms with E-state index in [4.69, 9.17) is 4.42 Å². The zero-order valence-corrected chi connectivity index (χ0v) is 28.5. The SMILES string of the molecule is c1ccc(-c2ccc(N(c3ccc(-c4ccc5sc6ccccc6c5c4)c(-c4ccccc4)c3)c3cccc4c3oc3ccccc34)cc2)cc1. The number of benzene rings is 8. The molecule has 2 heterocycles. The molecule has 8 aromatic carbocycles. The van der Waals surface area contributed by atoms with Gasteiger partial charge >= 0.3 is 0 Å². The Hall–Kier alpha value is -6.42. The van der Waals surface area contributed by atoms with Gasteiger partial charge < -0.3 is 9.32 Å². The highest BCUT2D eigenvalue weighted by molar-refractivity contribution is 7.25. The molecule has 0 unspecified atom stereocenters. The van der Waals surface area contributed by atoms with Crippen molar-refractivity contribution >= 4 is 70.5 Å². The van der Waals surface area contributed by atoms with E-state index in [1.54, 1.807) is 0 Å². The second-order valence-corrected chi connectivity index (χ2v) is 14.0. The van der Waals surface area contributed by atoms with Crippen LogP contribution in [0.25, 0.3) is 75.5 Å². The fraction of sp³-hybridized carbons (Fsp3) is 0. The van der Waals surface area contributed by atoms with Crippen molar-refractivity contribution in [3.8, 4) is 33.4 Å². The molecule has 0 aliphatic carbocycles. The van der Waals surface area contributed by atoms with Crippen molar-refractivity contribution in [2.45, 2.75) is 0 Å². The highest BCUT2D eigenvalue weighted by atomic mass is 32.1. The highest BCUT2D eigenvalue weighted by Gasteiger charge is 2.21. The van der Waals surface area contributed by atoms with Gasteiger partial charge in [0.25, 0.3) is 0 Å². The van der Waals surface area contributed by atoms with Gasteiger partial charge in [-0.15, -0.1) is 11.3 Å². The first-order valence-corrected chi connectivity index (χ1v) is 18.1. The number of furan rings is 1. The molecule has 10 rings (SSSR count). The van der Waals surface area contributed by atoms with Crippen molar-refractivity contribution in [2.24, 2.45) is 0 Å². The Morgan fingerprint density at radius 3 is 1.82 bits per heavy atom. The van der Waals surface area contributed by atoms with Crippen molar-refractivity contribution in [3.05, 3.63) is 188 Å². The van der Waals surface area contributed by atoms with Gasteiger partial charge in [-0.3, -0.25) is 0 Å². The second kappa shape index (κ2) is 12.2. The zero-order chi connectivity index (χ0) is 33.7. The summed E-state index contributed by atoms with van der Waals surface area (Å²) in [6, 6.07) is 67.4. The van der Waals surface area contributed by atoms with Gasteiger partial charge in [-0.1, -0.05) is 133 Å². The van der Waals surface area contributed by atoms with Crippen LogP contribution in [0, 0.1) is 0 Å². The van der Waals surface area contributed by atoms with Crippen LogP contribution in [-0.2, 0) is 0 Å². The fourth-order valence-corrected chi connectivity index (χ4v) is 8.53. The molecular weight excluding hydrogens is 639 g/mol. The van der Waals surface area contributed by atoms with Crippen LogP contribution in [0.4, 0.5) is 17.1 Å². The number of thiophene rings is 1. The number of nitrogens with zero attached hydrogens (tertiary/aromatic N) is 1. The third-order valence-corrected chi connectivity index (χ3v) is 11.0. The van der Waals surface area contributed by atoms with Crippen molar-refractivity contribution in [3.63, 3.8) is 0 Å². The van der Waals surface area contributed by atoms with Crippen molar-refractivity contribution in [1.82, 2.24) is 0 Å². The molecule has 2 aromatic heterocycles. The summed E-state index contributed by atoms with van der Waals surface area (Å²) in [4.78, 5) is 2.34. The van der Waals surface area contributed by atoms with E-state index in [1.807, 2.05) is 23.5 Å². The van der Waals surface area contributed by atoms with E-state index in [9.17, 15) is 0 Å². The summed E-state index contributed by atoms with van der Waals surface area (Å²) in [7, 11) is 0. The van der Waals surface area contributed by atoms with Gasteiger partial charge in [0.15, 0.2) is 5.58 Å². The van der Waals surface area contributed by atoms with Crippen LogP contribution in [0.2, 0.25) is 0 Å². The minimum Gasteiger partial charge on any atom is -0.454 e. The van der Waals surface area contributed by atoms with E-state index in [2.05, 4.69) is 181 Å². The fourth-order valence-electron chi connectivity index (χ4n) is 7.44. The highest BCUT2D eigenvalue weighted by Crippen LogP contribution is 2.45. The molecule has 0 aliphatic heterocycles. The predicted molar refractivity (Wildman–Crippen MR) is 218 cm³/mol. The van der Waals surface area contributed by atoms with Crippen LogP contribution < -0.4 is 4.90 Å². The van der Waals surface area contributed by atoms with Crippen LogP contribution in [0.5, 0.6) is 0 Å². The normalized spacial score (nSPS) is 11.5. The molecule has 240 valence electrons. The first-order valence-electron chi connectivity index (χ1n) is 17.3. The van der Waals surface area contributed by atoms with Crippen LogP contribution in [0.15, 0.2) is 192 Å². The minimum absolute atomic E-state index is 0.867. The Kier molecular flexibility index (Phi) is 7.04. The molecule has 2 nitrogen and oxygen atoms in total. The van der Waals surface area contributed by atoms with E-state index in [0.29, 0.717) is 0 Å². The molecule has 0 fully saturated rings. The molecule has 51 heavy (non-hydrogen) atoms. The predicted octanol–water partition coefficient (Wildman–Crippen LogP) is 14.4. The van der Waals surface area contributed by atoms with E-state index in [-0.39, 0.29) is 0 Å². The standard InChI is InChI=1S/C48H31NOS/c1-3-12-32(13-4-1)33-22-25-36(26-23-33)49(44-19-11-18-41-39-16-7-9-20-45(39)50-48(41)44)37-27-28-38(42(31-37)34-14-5-2-6-15-34)35-24-29-47-43(30-35)40-17-8-10-21-46(40)51-47/h1-31H. The van der Waals surface area contributed by atoms with Crippen LogP contribution >= 0.6 is 11.3 Å². The number of fused-ring (bicyclic) bond motifs is 6. The van der Waals surface area contributed by atoms with Gasteiger partial charge in [0.05, 0.1) is 5.69 Å². The maximum atomic E-state index is 6.64. The molecule has 0 N–H and O–H groups in total. The van der Waals surface area contributed by atoms with Gasteiger partial charge in [-0.05, 0) is 88.0 Å². The summed E-state index contributed by atoms with van der Waals surface area (Å²) in [6.07, 6.45) is 0. The summed E-state index contributed by atoms with van der Waals surface area (Å²) in [5.41, 5.74) is 12.0. The van der Waals surface area contributed by atoms with Gasteiger partial charge in [-0.2, -0.15) is 0 Å². The summed E-state index contributed by atoms with van der Waals surface area (Å²) >= 11 is 1.85. The smallest absolute Gasteiger partial charge is 0.159 e. The molecule has 10 aromatic rings. The van der Waals surface area contributed by atoms with Gasteiger partial charge in [-0.25, -0.2) is 0 Å². The summed E-state index contributed by atoms with van der Waals surface area (Å²) in [5.74, 6) is 0. The minimum atomic E-state index is 0.867. The first kappa shape index (κ1) is 29.5. The topological polar surface area (TPSA) is 16.4 Å². The van der Waals surface area contributed by atoms with E-state index in [0.717, 1.165) is 39.0 Å². The van der Waals surface area contributed by atoms with Crippen molar-refractivity contribution in [1.29, 1.82) is 0 Å². The molecule has 0 atom stereocenters. The Morgan fingerprint density at radius 2 is 1.00 bits per heavy atom. The van der Waals surface area contributed by atoms with Crippen LogP contribution in [0.1, 0.15) is 0 Å². The van der Waals surface area contributed by atoms with Crippen molar-refractivity contribution in [2.75, 3.05) is 4.90 Å². The number of hydrogen-bond acceptors (Lipinski definition) is 3. The number of para-hydroxylation sites is 2. The molecule has 0 radical (unpaired) electrons. The molecule has 0 aliphatic rings. The average Bonchev–Trinajstić information content (AvgIpc) is 3.78. The van der Waals surface area contributed by atoms with Crippen molar-refractivity contribution < 1.29 is 4.42 Å². The molecule has 0 saturated carbocycles. The molecule has 0 amide bonds. The average molecular weight is 670 g/mol. The number of anilines is 3. The first-order chi connectivity index (χ1) is 25.3. The quantitative estimate of drug-likeness (QED) is 0.175. The lowest BCUT2D eigenvalue weighted by atomic mass is 9.92. The van der Waals surface area contributed by atoms with E-state index < -0.39 is 0 Å². The Balaban J connectivity index is 1.19. The molecule has 0 bridgehead atoms. The summed E-state index contributed by atoms with van der Waals surface area (Å²) in [5, 5.41) is 4.82. The molecule has 0 saturated heterocycles. The van der Waals surface area contributed by atoms with E-state index in [1.165, 1.54) is 53.6 Å². The Morgan fingerprint density at radius 1 is 0.373 bits per heavy atom. The lowest BCUT2D eigenvalue weighted by Crippen LogP contribution is -2.10. The lowest BCUT2D eigenvalue weighted by Gasteiger charge is -2.27. The monoisotopic (exact) mass is 669 g/mol. The summed E-state index contributed by atoms with van der Waals surface area (Å²) in [6.45, 7) is 0. The molecular formula is C48H31NOS. The van der Waals surface area contributed by atoms with Crippen LogP contribution in [0.3, 0.4) is 0 Å². The molecule has 0 spiro atoms. The largest absolute Gasteiger partial charge is 0.454 e.